The predicted molar refractivity (Wildman–Crippen MR) is 89.9 cm³/mol. The highest BCUT2D eigenvalue weighted by Crippen LogP contribution is 2.21. The molecule has 1 fully saturated rings. The van der Waals surface area contributed by atoms with Crippen molar-refractivity contribution in [1.29, 1.82) is 0 Å². The van der Waals surface area contributed by atoms with Gasteiger partial charge >= 0.3 is 12.1 Å². The zero-order valence-corrected chi connectivity index (χ0v) is 14.9. The Kier molecular flexibility index (Phi) is 6.75. The molecule has 0 aliphatic carbocycles. The van der Waals surface area contributed by atoms with Crippen molar-refractivity contribution >= 4 is 23.4 Å². The maximum absolute atomic E-state index is 12.4. The van der Waals surface area contributed by atoms with Crippen molar-refractivity contribution in [3.8, 4) is 5.75 Å². The number of rotatable bonds is 5. The van der Waals surface area contributed by atoms with Crippen LogP contribution in [0.1, 0.15) is 19.8 Å². The minimum Gasteiger partial charge on any atom is -0.481 e. The van der Waals surface area contributed by atoms with Crippen LogP contribution in [0.25, 0.3) is 0 Å². The van der Waals surface area contributed by atoms with Gasteiger partial charge in [-0.15, -0.1) is 0 Å². The minimum atomic E-state index is -4.87. The second-order valence-corrected chi connectivity index (χ2v) is 6.63. The Bertz CT molecular complexity index is 629. The Balaban J connectivity index is 1.76. The van der Waals surface area contributed by atoms with E-state index in [4.69, 9.17) is 16.3 Å². The number of carbonyl (C=O) groups is 2. The van der Waals surface area contributed by atoms with Crippen LogP contribution in [0.5, 0.6) is 5.75 Å². The van der Waals surface area contributed by atoms with E-state index in [1.54, 1.807) is 36.1 Å². The number of ether oxygens (including phenoxy) is 1. The molecule has 1 aromatic rings. The zero-order chi connectivity index (χ0) is 19.3. The summed E-state index contributed by atoms with van der Waals surface area (Å²) in [4.78, 5) is 24.9. The molecule has 1 aliphatic heterocycles. The quantitative estimate of drug-likeness (QED) is 0.838. The first kappa shape index (κ1) is 20.4. The van der Waals surface area contributed by atoms with Crippen molar-refractivity contribution in [2.24, 2.45) is 5.92 Å². The summed E-state index contributed by atoms with van der Waals surface area (Å²) < 4.78 is 42.1. The molecule has 0 bridgehead atoms. The second kappa shape index (κ2) is 8.62. The average molecular weight is 393 g/mol. The lowest BCUT2D eigenvalue weighted by molar-refractivity contribution is -0.173. The number of halogens is 4. The lowest BCUT2D eigenvalue weighted by Crippen LogP contribution is -2.47. The van der Waals surface area contributed by atoms with Crippen molar-refractivity contribution in [3.63, 3.8) is 0 Å². The van der Waals surface area contributed by atoms with Gasteiger partial charge in [-0.1, -0.05) is 11.6 Å². The lowest BCUT2D eigenvalue weighted by Gasteiger charge is -2.33. The molecule has 5 nitrogen and oxygen atoms in total. The van der Waals surface area contributed by atoms with E-state index in [9.17, 15) is 22.8 Å². The molecule has 1 aliphatic rings. The van der Waals surface area contributed by atoms with E-state index in [1.165, 1.54) is 0 Å². The van der Waals surface area contributed by atoms with Gasteiger partial charge in [0.15, 0.2) is 6.10 Å². The molecule has 1 aromatic carbocycles. The second-order valence-electron chi connectivity index (χ2n) is 6.19. The number of alkyl halides is 3. The van der Waals surface area contributed by atoms with Crippen molar-refractivity contribution < 1.29 is 27.5 Å². The summed E-state index contributed by atoms with van der Waals surface area (Å²) in [5.74, 6) is -1.67. The highest BCUT2D eigenvalue weighted by atomic mass is 35.5. The Morgan fingerprint density at radius 3 is 2.38 bits per heavy atom. The molecule has 2 rings (SSSR count). The first-order chi connectivity index (χ1) is 12.2. The largest absolute Gasteiger partial charge is 0.481 e. The van der Waals surface area contributed by atoms with E-state index in [0.29, 0.717) is 36.7 Å². The lowest BCUT2D eigenvalue weighted by atomic mass is 9.96. The van der Waals surface area contributed by atoms with Gasteiger partial charge in [0.05, 0.1) is 0 Å². The molecule has 0 radical (unpaired) electrons. The van der Waals surface area contributed by atoms with Crippen molar-refractivity contribution in [3.05, 3.63) is 29.3 Å². The number of benzene rings is 1. The Morgan fingerprint density at radius 1 is 1.27 bits per heavy atom. The van der Waals surface area contributed by atoms with Crippen molar-refractivity contribution in [2.75, 3.05) is 19.6 Å². The van der Waals surface area contributed by atoms with Crippen LogP contribution in [0.2, 0.25) is 5.02 Å². The fourth-order valence-corrected chi connectivity index (χ4v) is 2.85. The third-order valence-electron chi connectivity index (χ3n) is 4.21. The Labute approximate surface area is 154 Å². The van der Waals surface area contributed by atoms with E-state index in [1.807, 2.05) is 5.32 Å². The highest BCUT2D eigenvalue weighted by molar-refractivity contribution is 6.30. The highest BCUT2D eigenvalue weighted by Gasteiger charge is 2.38. The summed E-state index contributed by atoms with van der Waals surface area (Å²) in [7, 11) is 0. The summed E-state index contributed by atoms with van der Waals surface area (Å²) in [5, 5.41) is 2.46. The smallest absolute Gasteiger partial charge is 0.471 e. The molecule has 1 saturated heterocycles. The fraction of sp³-hybridized carbons (Fsp3) is 0.529. The third-order valence-corrected chi connectivity index (χ3v) is 4.46. The molecule has 26 heavy (non-hydrogen) atoms. The molecule has 1 atom stereocenters. The number of hydrogen-bond acceptors (Lipinski definition) is 3. The van der Waals surface area contributed by atoms with Crippen LogP contribution in [0.15, 0.2) is 24.3 Å². The number of piperidine rings is 1. The van der Waals surface area contributed by atoms with Gasteiger partial charge in [-0.25, -0.2) is 0 Å². The van der Waals surface area contributed by atoms with Gasteiger partial charge in [-0.05, 0) is 49.9 Å². The van der Waals surface area contributed by atoms with Crippen LogP contribution in [0.4, 0.5) is 13.2 Å². The minimum absolute atomic E-state index is 0.0444. The van der Waals surface area contributed by atoms with Crippen LogP contribution in [-0.2, 0) is 9.59 Å². The molecule has 1 N–H and O–H groups in total. The predicted octanol–water partition coefficient (Wildman–Crippen LogP) is 3.02. The average Bonchev–Trinajstić information content (AvgIpc) is 2.60. The number of carbonyl (C=O) groups excluding carboxylic acids is 2. The Hall–Kier alpha value is -1.96. The topological polar surface area (TPSA) is 58.6 Å². The molecule has 0 spiro atoms. The summed E-state index contributed by atoms with van der Waals surface area (Å²) in [5.41, 5.74) is 0. The molecular formula is C17H20ClF3N2O3. The maximum Gasteiger partial charge on any atom is 0.471 e. The zero-order valence-electron chi connectivity index (χ0n) is 14.2. The number of nitrogens with one attached hydrogen (secondary N) is 1. The van der Waals surface area contributed by atoms with Crippen molar-refractivity contribution in [1.82, 2.24) is 10.2 Å². The van der Waals surface area contributed by atoms with E-state index < -0.39 is 18.2 Å². The van der Waals surface area contributed by atoms with Gasteiger partial charge in [-0.2, -0.15) is 13.2 Å². The van der Waals surface area contributed by atoms with E-state index in [-0.39, 0.29) is 18.4 Å². The fourth-order valence-electron chi connectivity index (χ4n) is 2.72. The summed E-state index contributed by atoms with van der Waals surface area (Å²) in [6, 6.07) is 6.66. The Morgan fingerprint density at radius 2 is 1.85 bits per heavy atom. The SMILES string of the molecule is CC(Oc1ccc(Cl)cc1)C(=O)N1CCC(CNC(=O)C(F)(F)F)CC1. The standard InChI is InChI=1S/C17H20ClF3N2O3/c1-11(26-14-4-2-13(18)3-5-14)15(24)23-8-6-12(7-9-23)10-22-16(25)17(19,20)21/h2-5,11-12H,6-10H2,1H3,(H,22,25). The van der Waals surface area contributed by atoms with Crippen molar-refractivity contribution in [2.45, 2.75) is 32.0 Å². The maximum atomic E-state index is 12.4. The molecule has 144 valence electrons. The first-order valence-corrected chi connectivity index (χ1v) is 8.60. The van der Waals surface area contributed by atoms with Crippen LogP contribution >= 0.6 is 11.6 Å². The van der Waals surface area contributed by atoms with Gasteiger partial charge in [0, 0.05) is 24.7 Å². The molecule has 0 aromatic heterocycles. The van der Waals surface area contributed by atoms with E-state index >= 15 is 0 Å². The number of nitrogens with zero attached hydrogens (tertiary/aromatic N) is 1. The van der Waals surface area contributed by atoms with Gasteiger partial charge in [0.1, 0.15) is 5.75 Å². The van der Waals surface area contributed by atoms with Crippen LogP contribution in [-0.4, -0.2) is 48.6 Å². The molecule has 0 saturated carbocycles. The summed E-state index contributed by atoms with van der Waals surface area (Å²) in [6.07, 6.45) is -4.50. The van der Waals surface area contributed by atoms with Gasteiger partial charge in [-0.3, -0.25) is 9.59 Å². The van der Waals surface area contributed by atoms with Gasteiger partial charge in [0.2, 0.25) is 0 Å². The molecular weight excluding hydrogens is 373 g/mol. The summed E-state index contributed by atoms with van der Waals surface area (Å²) >= 11 is 5.80. The molecule has 9 heteroatoms. The third kappa shape index (κ3) is 5.79. The van der Waals surface area contributed by atoms with Gasteiger partial charge < -0.3 is 15.0 Å². The monoisotopic (exact) mass is 392 g/mol. The van der Waals surface area contributed by atoms with Crippen LogP contribution < -0.4 is 10.1 Å². The normalized spacial score (nSPS) is 16.9. The molecule has 1 heterocycles. The number of amides is 2. The van der Waals surface area contributed by atoms with Gasteiger partial charge in [0.25, 0.3) is 5.91 Å². The van der Waals surface area contributed by atoms with Crippen LogP contribution in [0.3, 0.4) is 0 Å². The van der Waals surface area contributed by atoms with E-state index in [2.05, 4.69) is 0 Å². The van der Waals surface area contributed by atoms with Crippen LogP contribution in [0, 0.1) is 5.92 Å². The summed E-state index contributed by atoms with van der Waals surface area (Å²) in [6.45, 7) is 2.43. The number of hydrogen-bond donors (Lipinski definition) is 1. The molecule has 2 amide bonds. The number of likely N-dealkylation sites (tertiary alicyclic amines) is 1. The van der Waals surface area contributed by atoms with E-state index in [0.717, 1.165) is 0 Å². The molecule has 1 unspecified atom stereocenters. The first-order valence-electron chi connectivity index (χ1n) is 8.23.